The van der Waals surface area contributed by atoms with Gasteiger partial charge in [0.1, 0.15) is 11.9 Å². The molecule has 3 rings (SSSR count). The van der Waals surface area contributed by atoms with Crippen LogP contribution in [0.25, 0.3) is 0 Å². The Morgan fingerprint density at radius 3 is 1.55 bits per heavy atom. The van der Waals surface area contributed by atoms with Gasteiger partial charge in [0, 0.05) is 16.9 Å². The third-order valence-corrected chi connectivity index (χ3v) is 3.42. The van der Waals surface area contributed by atoms with Gasteiger partial charge in [0.25, 0.3) is 0 Å². The van der Waals surface area contributed by atoms with Crippen molar-refractivity contribution in [2.45, 2.75) is 6.17 Å². The molecule has 0 atom stereocenters. The number of nitrogens with one attached hydrogen (secondary N) is 2. The van der Waals surface area contributed by atoms with E-state index in [0.717, 1.165) is 16.9 Å². The Morgan fingerprint density at radius 2 is 1.05 bits per heavy atom. The molecule has 0 spiro atoms. The van der Waals surface area contributed by atoms with Gasteiger partial charge in [-0.15, -0.1) is 0 Å². The summed E-state index contributed by atoms with van der Waals surface area (Å²) in [5.41, 5.74) is 2.77. The number of anilines is 2. The van der Waals surface area contributed by atoms with Crippen molar-refractivity contribution in [3.8, 4) is 5.75 Å². The van der Waals surface area contributed by atoms with Crippen molar-refractivity contribution in [3.05, 3.63) is 90.5 Å². The second-order valence-electron chi connectivity index (χ2n) is 5.01. The molecule has 0 heterocycles. The summed E-state index contributed by atoms with van der Waals surface area (Å²) in [4.78, 5) is 0. The molecule has 3 N–H and O–H groups in total. The van der Waals surface area contributed by atoms with Crippen LogP contribution >= 0.6 is 0 Å². The first-order valence-electron chi connectivity index (χ1n) is 7.24. The molecule has 0 aromatic heterocycles. The standard InChI is InChI=1S/C19H18N2O/c22-18-14-8-7-13-17(18)19(20-15-9-3-1-4-10-15)21-16-11-5-2-6-12-16/h1-14,19-22H. The quantitative estimate of drug-likeness (QED) is 0.601. The second kappa shape index (κ2) is 6.68. The zero-order valence-corrected chi connectivity index (χ0v) is 12.1. The lowest BCUT2D eigenvalue weighted by molar-refractivity contribution is 0.466. The van der Waals surface area contributed by atoms with Crippen molar-refractivity contribution in [1.29, 1.82) is 0 Å². The predicted molar refractivity (Wildman–Crippen MR) is 91.0 cm³/mol. The number of rotatable bonds is 5. The van der Waals surface area contributed by atoms with Crippen LogP contribution in [0.15, 0.2) is 84.9 Å². The lowest BCUT2D eigenvalue weighted by Crippen LogP contribution is -2.20. The van der Waals surface area contributed by atoms with E-state index in [9.17, 15) is 5.11 Å². The molecule has 3 nitrogen and oxygen atoms in total. The Bertz CT molecular complexity index is 672. The van der Waals surface area contributed by atoms with Gasteiger partial charge in [-0.3, -0.25) is 0 Å². The van der Waals surface area contributed by atoms with Crippen LogP contribution in [0, 0.1) is 0 Å². The van der Waals surface area contributed by atoms with Gasteiger partial charge >= 0.3 is 0 Å². The number of phenolic OH excluding ortho intramolecular Hbond substituents is 1. The van der Waals surface area contributed by atoms with Gasteiger partial charge in [0.05, 0.1) is 0 Å². The van der Waals surface area contributed by atoms with Gasteiger partial charge in [-0.05, 0) is 30.3 Å². The Hall–Kier alpha value is -2.94. The molecule has 0 aliphatic rings. The van der Waals surface area contributed by atoms with Crippen LogP contribution < -0.4 is 10.6 Å². The van der Waals surface area contributed by atoms with Gasteiger partial charge in [-0.25, -0.2) is 0 Å². The second-order valence-corrected chi connectivity index (χ2v) is 5.01. The van der Waals surface area contributed by atoms with Crippen LogP contribution in [-0.2, 0) is 0 Å². The zero-order valence-electron chi connectivity index (χ0n) is 12.1. The van der Waals surface area contributed by atoms with Gasteiger partial charge < -0.3 is 15.7 Å². The molecule has 22 heavy (non-hydrogen) atoms. The third-order valence-electron chi connectivity index (χ3n) is 3.42. The highest BCUT2D eigenvalue weighted by atomic mass is 16.3. The maximum absolute atomic E-state index is 10.2. The van der Waals surface area contributed by atoms with Crippen molar-refractivity contribution in [3.63, 3.8) is 0 Å². The van der Waals surface area contributed by atoms with E-state index in [-0.39, 0.29) is 11.9 Å². The van der Waals surface area contributed by atoms with Crippen molar-refractivity contribution in [1.82, 2.24) is 0 Å². The lowest BCUT2D eigenvalue weighted by Gasteiger charge is -2.23. The van der Waals surface area contributed by atoms with Crippen LogP contribution in [0.1, 0.15) is 11.7 Å². The minimum absolute atomic E-state index is 0.231. The minimum Gasteiger partial charge on any atom is -0.508 e. The van der Waals surface area contributed by atoms with Gasteiger partial charge in [0.15, 0.2) is 0 Å². The smallest absolute Gasteiger partial charge is 0.127 e. The summed E-state index contributed by atoms with van der Waals surface area (Å²) in [7, 11) is 0. The summed E-state index contributed by atoms with van der Waals surface area (Å²) >= 11 is 0. The van der Waals surface area contributed by atoms with Gasteiger partial charge in [-0.2, -0.15) is 0 Å². The summed E-state index contributed by atoms with van der Waals surface area (Å²) in [5.74, 6) is 0.263. The average Bonchev–Trinajstić information content (AvgIpc) is 2.57. The minimum atomic E-state index is -0.231. The van der Waals surface area contributed by atoms with Crippen molar-refractivity contribution < 1.29 is 5.11 Å². The topological polar surface area (TPSA) is 44.3 Å². The van der Waals surface area contributed by atoms with Crippen LogP contribution in [0.5, 0.6) is 5.75 Å². The number of benzene rings is 3. The van der Waals surface area contributed by atoms with Crippen molar-refractivity contribution in [2.24, 2.45) is 0 Å². The molecule has 0 bridgehead atoms. The highest BCUT2D eigenvalue weighted by Gasteiger charge is 2.14. The maximum Gasteiger partial charge on any atom is 0.127 e. The Labute approximate surface area is 130 Å². The van der Waals surface area contributed by atoms with Crippen LogP contribution in [0.2, 0.25) is 0 Å². The van der Waals surface area contributed by atoms with Crippen molar-refractivity contribution in [2.75, 3.05) is 10.6 Å². The number of aromatic hydroxyl groups is 1. The van der Waals surface area contributed by atoms with E-state index in [1.165, 1.54) is 0 Å². The van der Waals surface area contributed by atoms with E-state index >= 15 is 0 Å². The fourth-order valence-electron chi connectivity index (χ4n) is 2.33. The van der Waals surface area contributed by atoms with E-state index in [0.29, 0.717) is 0 Å². The molecule has 0 unspecified atom stereocenters. The SMILES string of the molecule is Oc1ccccc1C(Nc1ccccc1)Nc1ccccc1. The molecule has 110 valence electrons. The monoisotopic (exact) mass is 290 g/mol. The largest absolute Gasteiger partial charge is 0.508 e. The molecule has 3 heteroatoms. The number of hydrogen-bond donors (Lipinski definition) is 3. The predicted octanol–water partition coefficient (Wildman–Crippen LogP) is 4.62. The fourth-order valence-corrected chi connectivity index (χ4v) is 2.33. The third kappa shape index (κ3) is 3.38. The molecule has 0 fully saturated rings. The molecule has 0 aliphatic heterocycles. The summed E-state index contributed by atoms with van der Waals surface area (Å²) < 4.78 is 0. The van der Waals surface area contributed by atoms with Crippen LogP contribution in [0.4, 0.5) is 11.4 Å². The van der Waals surface area contributed by atoms with Crippen LogP contribution in [-0.4, -0.2) is 5.11 Å². The van der Waals surface area contributed by atoms with Crippen LogP contribution in [0.3, 0.4) is 0 Å². The first kappa shape index (κ1) is 14.0. The maximum atomic E-state index is 10.2. The number of hydrogen-bond acceptors (Lipinski definition) is 3. The summed E-state index contributed by atoms with van der Waals surface area (Å²) in [5, 5.41) is 17.0. The molecule has 0 radical (unpaired) electrons. The molecule has 0 saturated carbocycles. The highest BCUT2D eigenvalue weighted by Crippen LogP contribution is 2.28. The molecular formula is C19H18N2O. The fraction of sp³-hybridized carbons (Fsp3) is 0.0526. The van der Waals surface area contributed by atoms with E-state index in [1.807, 2.05) is 78.9 Å². The van der Waals surface area contributed by atoms with E-state index in [2.05, 4.69) is 10.6 Å². The van der Waals surface area contributed by atoms with Gasteiger partial charge in [0.2, 0.25) is 0 Å². The first-order chi connectivity index (χ1) is 10.8. The van der Waals surface area contributed by atoms with E-state index in [1.54, 1.807) is 6.07 Å². The first-order valence-corrected chi connectivity index (χ1v) is 7.24. The highest BCUT2D eigenvalue weighted by molar-refractivity contribution is 5.53. The summed E-state index contributed by atoms with van der Waals surface area (Å²) in [6.45, 7) is 0. The normalized spacial score (nSPS) is 10.4. The Balaban J connectivity index is 1.90. The van der Waals surface area contributed by atoms with E-state index < -0.39 is 0 Å². The zero-order chi connectivity index (χ0) is 15.2. The molecule has 3 aromatic rings. The molecule has 3 aromatic carbocycles. The van der Waals surface area contributed by atoms with Crippen molar-refractivity contribution >= 4 is 11.4 Å². The Morgan fingerprint density at radius 1 is 0.591 bits per heavy atom. The lowest BCUT2D eigenvalue weighted by atomic mass is 10.1. The molecule has 0 saturated heterocycles. The summed E-state index contributed by atoms with van der Waals surface area (Å²) in [6.07, 6.45) is -0.231. The Kier molecular flexibility index (Phi) is 4.25. The molecular weight excluding hydrogens is 272 g/mol. The average molecular weight is 290 g/mol. The number of para-hydroxylation sites is 3. The van der Waals surface area contributed by atoms with E-state index in [4.69, 9.17) is 0 Å². The molecule has 0 aliphatic carbocycles. The van der Waals surface area contributed by atoms with Gasteiger partial charge in [-0.1, -0.05) is 54.6 Å². The number of phenols is 1. The summed E-state index contributed by atoms with van der Waals surface area (Å²) in [6, 6.07) is 27.2. The molecule has 0 amide bonds.